The molecule has 15 nitrogen and oxygen atoms in total. The maximum absolute atomic E-state index is 6.67. The normalized spacial score (nSPS) is 15.9. The Hall–Kier alpha value is 6.62. The Morgan fingerprint density at radius 2 is 0.377 bits per heavy atom. The standard InChI is InChI=1S/C15H47O7Si8.C11H35O5Si6.C7H23O3Si4.3Y/c1-16-24(20-27(4,5)6)14-29(9,10)22-26(18-3)15-30(11,12)21-25(17-2)13-28(7,8)19-23;1-12-18(15-20(3,4)5)11-22(8,9)16-19(13-2)10-21(6,7)14-17;1-8-12(10-13(2,3)4)7-14(5,6)9-11;;;/h24-26H,13-15,23H2,1-12H3;18-19H,10-11,17H2,1-9H3;12H,7,11H2,1-6H3;;;. The first kappa shape index (κ1) is 86.9. The second-order valence-corrected chi connectivity index (χ2v) is 83.9. The summed E-state index contributed by atoms with van der Waals surface area (Å²) in [5.41, 5.74) is 5.80. The molecule has 0 saturated heterocycles. The molecule has 0 amide bonds. The van der Waals surface area contributed by atoms with Crippen LogP contribution in [0.5, 0.6) is 0 Å². The van der Waals surface area contributed by atoms with Gasteiger partial charge in [0.2, 0.25) is 0 Å². The minimum atomic E-state index is -1.97. The zero-order valence-electron chi connectivity index (χ0n) is 49.2. The van der Waals surface area contributed by atoms with Crippen molar-refractivity contribution < 1.29 is 162 Å². The number of hydrogen-bond acceptors (Lipinski definition) is 15. The SMILES string of the molecule is CO[SiH](C[Si](C)(C)O[SiH2])O[Si](C)(C)C.CO[SiH](C[Si](C)(C)O[SiH](C[Si](C)(C)O[SiH2])OC)O[Si](C)(C)C.CO[SiH](C[Si](C)(C)O[SiH](C[Si](C)(C)O[SiH](C[Si](C)(C)O[SiH2])OC)OC)O[Si](C)(C)C.[Y].[Y].[Y]. The second kappa shape index (κ2) is 40.7. The molecule has 0 aromatic carbocycles. The van der Waals surface area contributed by atoms with Gasteiger partial charge in [-0.05, 0) is 137 Å². The van der Waals surface area contributed by atoms with Crippen LogP contribution in [-0.2, 0) is 162 Å². The summed E-state index contributed by atoms with van der Waals surface area (Å²) in [5, 5.41) is 0. The van der Waals surface area contributed by atoms with Gasteiger partial charge in [0.25, 0.3) is 0 Å². The van der Waals surface area contributed by atoms with Crippen LogP contribution in [0.4, 0.5) is 0 Å². The van der Waals surface area contributed by atoms with Crippen LogP contribution in [0.25, 0.3) is 0 Å². The Morgan fingerprint density at radius 3 is 0.493 bits per heavy atom. The van der Waals surface area contributed by atoms with Crippen LogP contribution in [0.3, 0.4) is 0 Å². The van der Waals surface area contributed by atoms with Crippen LogP contribution in [0.15, 0.2) is 0 Å². The molecule has 6 atom stereocenters. The molecule has 0 saturated carbocycles. The zero-order chi connectivity index (χ0) is 52.8. The first-order valence-electron chi connectivity index (χ1n) is 23.1. The minimum Gasteiger partial charge on any atom is -0.461 e. The van der Waals surface area contributed by atoms with E-state index in [1.165, 1.54) is 0 Å². The largest absolute Gasteiger partial charge is 0.461 e. The van der Waals surface area contributed by atoms with Gasteiger partial charge in [-0.2, -0.15) is 0 Å². The summed E-state index contributed by atoms with van der Waals surface area (Å²) in [6.07, 6.45) is 0. The molecule has 0 aliphatic carbocycles. The van der Waals surface area contributed by atoms with Gasteiger partial charge >= 0.3 is 55.7 Å². The van der Waals surface area contributed by atoms with Crippen LogP contribution in [0, 0.1) is 0 Å². The Morgan fingerprint density at radius 1 is 0.246 bits per heavy atom. The molecule has 36 heteroatoms. The van der Waals surface area contributed by atoms with Crippen molar-refractivity contribution >= 4 is 162 Å². The summed E-state index contributed by atoms with van der Waals surface area (Å²) < 4.78 is 89.5. The average molecular weight is 1510 g/mol. The van der Waals surface area contributed by atoms with Crippen LogP contribution in [0.1, 0.15) is 0 Å². The average Bonchev–Trinajstić information content (AvgIpc) is 3.14. The van der Waals surface area contributed by atoms with Crippen LogP contribution < -0.4 is 0 Å². The number of hydrogen-bond donors (Lipinski definition) is 0. The second-order valence-electron chi connectivity index (χ2n) is 23.3. The zero-order valence-corrected chi connectivity index (χ0v) is 77.9. The predicted octanol–water partition coefficient (Wildman–Crippen LogP) is 4.92. The Labute approximate surface area is 530 Å². The van der Waals surface area contributed by atoms with E-state index in [1.807, 2.05) is 0 Å². The van der Waals surface area contributed by atoms with Gasteiger partial charge < -0.3 is 63.6 Å². The van der Waals surface area contributed by atoms with Gasteiger partial charge in [-0.15, -0.1) is 0 Å². The van der Waals surface area contributed by atoms with Gasteiger partial charge in [0.05, 0.1) is 0 Å². The molecule has 0 aromatic rings. The van der Waals surface area contributed by atoms with Crippen molar-refractivity contribution in [2.45, 2.75) is 171 Å². The van der Waals surface area contributed by atoms with Gasteiger partial charge in [0.15, 0.2) is 106 Å². The van der Waals surface area contributed by atoms with E-state index in [0.29, 0.717) is 0 Å². The Bertz CT molecular complexity index is 1280. The maximum atomic E-state index is 6.67. The summed E-state index contributed by atoms with van der Waals surface area (Å²) in [6, 6.07) is 0. The van der Waals surface area contributed by atoms with Crippen molar-refractivity contribution in [3.05, 3.63) is 0 Å². The fourth-order valence-electron chi connectivity index (χ4n) is 6.02. The van der Waals surface area contributed by atoms with Crippen molar-refractivity contribution in [3.63, 3.8) is 0 Å². The summed E-state index contributed by atoms with van der Waals surface area (Å²) in [6.45, 7) is 46.7. The number of rotatable bonds is 33. The van der Waals surface area contributed by atoms with Gasteiger partial charge in [0.1, 0.15) is 0 Å². The molecule has 0 aromatic heterocycles. The fourth-order valence-corrected chi connectivity index (χ4v) is 64.4. The molecule has 0 aliphatic heterocycles. The van der Waals surface area contributed by atoms with Crippen molar-refractivity contribution in [2.75, 3.05) is 42.7 Å². The van der Waals surface area contributed by atoms with Gasteiger partial charge in [-0.1, -0.05) is 0 Å². The molecule has 0 bridgehead atoms. The third-order valence-corrected chi connectivity index (χ3v) is 76.1. The molecule has 6 unspecified atom stereocenters. The third kappa shape index (κ3) is 51.3. The topological polar surface area (TPSA) is 138 Å². The molecule has 6 radical (unpaired) electrons. The van der Waals surface area contributed by atoms with Crippen molar-refractivity contribution in [2.24, 2.45) is 0 Å². The quantitative estimate of drug-likeness (QED) is 0.0823. The van der Waals surface area contributed by atoms with Crippen LogP contribution in [0.2, 0.25) is 171 Å². The summed E-state index contributed by atoms with van der Waals surface area (Å²) >= 11 is 0. The van der Waals surface area contributed by atoms with Gasteiger partial charge in [-0.25, -0.2) is 0 Å². The molecule has 0 aliphatic rings. The van der Waals surface area contributed by atoms with E-state index in [4.69, 9.17) is 63.6 Å². The van der Waals surface area contributed by atoms with E-state index in [0.717, 1.165) is 34.0 Å². The first-order valence-corrected chi connectivity index (χ1v) is 64.3. The molecule has 0 heterocycles. The van der Waals surface area contributed by atoms with E-state index < -0.39 is 131 Å². The van der Waals surface area contributed by atoms with Crippen LogP contribution >= 0.6 is 0 Å². The molecular formula is C33H105O15Si18Y3. The van der Waals surface area contributed by atoms with Crippen molar-refractivity contribution in [1.82, 2.24) is 0 Å². The first-order chi connectivity index (χ1) is 29.5. The van der Waals surface area contributed by atoms with E-state index in [2.05, 4.69) is 137 Å². The third-order valence-electron chi connectivity index (χ3n) is 9.51. The molecule has 69 heavy (non-hydrogen) atoms. The van der Waals surface area contributed by atoms with E-state index >= 15 is 0 Å². The summed E-state index contributed by atoms with van der Waals surface area (Å²) in [7, 11) is -9.97. The van der Waals surface area contributed by atoms with Gasteiger partial charge in [-0.3, -0.25) is 0 Å². The summed E-state index contributed by atoms with van der Waals surface area (Å²) in [4.78, 5) is 0. The monoisotopic (exact) mass is 1510 g/mol. The summed E-state index contributed by atoms with van der Waals surface area (Å²) in [5.74, 6) is 0. The van der Waals surface area contributed by atoms with Crippen LogP contribution in [-0.4, -0.2) is 205 Å². The molecule has 408 valence electrons. The fraction of sp³-hybridized carbons (Fsp3) is 1.00. The molecule has 0 N–H and O–H groups in total. The molecular weight excluding hydrogens is 1410 g/mol. The van der Waals surface area contributed by atoms with Crippen molar-refractivity contribution in [1.29, 1.82) is 0 Å². The Balaban J connectivity index is -0.000000225. The van der Waals surface area contributed by atoms with E-state index in [9.17, 15) is 0 Å². The van der Waals surface area contributed by atoms with E-state index in [-0.39, 0.29) is 98.1 Å². The predicted molar refractivity (Wildman–Crippen MR) is 324 cm³/mol. The minimum absolute atomic E-state index is 0. The molecule has 0 rings (SSSR count). The molecule has 0 fully saturated rings. The Kier molecular flexibility index (Phi) is 51.3. The maximum Gasteiger partial charge on any atom is 0.310 e. The van der Waals surface area contributed by atoms with Crippen molar-refractivity contribution in [3.8, 4) is 0 Å². The van der Waals surface area contributed by atoms with Gasteiger partial charge in [0, 0.05) is 175 Å². The molecule has 0 spiro atoms. The smallest absolute Gasteiger partial charge is 0.310 e. The van der Waals surface area contributed by atoms with E-state index in [1.54, 1.807) is 74.1 Å².